The van der Waals surface area contributed by atoms with Crippen LogP contribution in [-0.2, 0) is 9.53 Å². The van der Waals surface area contributed by atoms with Gasteiger partial charge in [-0.05, 0) is 18.6 Å². The van der Waals surface area contributed by atoms with Crippen molar-refractivity contribution in [1.82, 2.24) is 0 Å². The van der Waals surface area contributed by atoms with E-state index in [1.54, 1.807) is 0 Å². The Hall–Kier alpha value is -2.50. The van der Waals surface area contributed by atoms with E-state index in [2.05, 4.69) is 4.74 Å². The highest BCUT2D eigenvalue weighted by Gasteiger charge is 2.19. The van der Waals surface area contributed by atoms with Gasteiger partial charge in [0.05, 0.1) is 12.0 Å². The summed E-state index contributed by atoms with van der Waals surface area (Å²) in [6.45, 7) is 1.23. The van der Waals surface area contributed by atoms with Crippen molar-refractivity contribution < 1.29 is 19.2 Å². The van der Waals surface area contributed by atoms with Crippen LogP contribution in [0.25, 0.3) is 6.08 Å². The predicted molar refractivity (Wildman–Crippen MR) is 64.2 cm³/mol. The van der Waals surface area contributed by atoms with Crippen molar-refractivity contribution in [3.05, 3.63) is 45.5 Å². The van der Waals surface area contributed by atoms with Crippen molar-refractivity contribution in [2.45, 2.75) is 6.92 Å². The first-order valence-electron chi connectivity index (χ1n) is 5.01. The molecule has 1 aromatic rings. The first kappa shape index (κ1) is 13.6. The molecule has 0 unspecified atom stereocenters. The van der Waals surface area contributed by atoms with Gasteiger partial charge in [0.2, 0.25) is 0 Å². The maximum atomic E-state index is 11.5. The van der Waals surface area contributed by atoms with Gasteiger partial charge in [-0.1, -0.05) is 12.1 Å². The second-order valence-electron chi connectivity index (χ2n) is 3.41. The summed E-state index contributed by atoms with van der Waals surface area (Å²) in [4.78, 5) is 32.6. The lowest BCUT2D eigenvalue weighted by atomic mass is 10.0. The van der Waals surface area contributed by atoms with Crippen molar-refractivity contribution in [3.63, 3.8) is 0 Å². The molecule has 0 fully saturated rings. The number of ether oxygens (including phenoxy) is 1. The Bertz CT molecular complexity index is 533. The quantitative estimate of drug-likeness (QED) is 0.268. The van der Waals surface area contributed by atoms with Crippen LogP contribution in [0.15, 0.2) is 24.3 Å². The fourth-order valence-corrected chi connectivity index (χ4v) is 1.46. The molecule has 6 nitrogen and oxygen atoms in total. The molecule has 0 aromatic heterocycles. The van der Waals surface area contributed by atoms with E-state index in [0.717, 1.165) is 6.08 Å². The van der Waals surface area contributed by atoms with E-state index in [4.69, 9.17) is 0 Å². The summed E-state index contributed by atoms with van der Waals surface area (Å²) in [5, 5.41) is 10.8. The average Bonchev–Trinajstić information content (AvgIpc) is 2.34. The molecule has 6 heteroatoms. The number of hydrogen-bond acceptors (Lipinski definition) is 5. The summed E-state index contributed by atoms with van der Waals surface area (Å²) in [6, 6.07) is 4.21. The number of ketones is 1. The first-order chi connectivity index (χ1) is 8.47. The van der Waals surface area contributed by atoms with Gasteiger partial charge in [0, 0.05) is 12.1 Å². The van der Waals surface area contributed by atoms with Gasteiger partial charge in [-0.2, -0.15) is 0 Å². The summed E-state index contributed by atoms with van der Waals surface area (Å²) in [5.74, 6) is -1.04. The Balaban J connectivity index is 3.32. The monoisotopic (exact) mass is 249 g/mol. The Labute approximate surface area is 103 Å². The number of methoxy groups -OCH3 is 1. The zero-order chi connectivity index (χ0) is 13.7. The van der Waals surface area contributed by atoms with E-state index in [-0.39, 0.29) is 11.3 Å². The Morgan fingerprint density at radius 3 is 2.56 bits per heavy atom. The van der Waals surface area contributed by atoms with Crippen molar-refractivity contribution in [2.75, 3.05) is 7.11 Å². The van der Waals surface area contributed by atoms with Gasteiger partial charge in [-0.25, -0.2) is 4.79 Å². The van der Waals surface area contributed by atoms with Crippen molar-refractivity contribution in [3.8, 4) is 0 Å². The van der Waals surface area contributed by atoms with Crippen molar-refractivity contribution in [1.29, 1.82) is 0 Å². The summed E-state index contributed by atoms with van der Waals surface area (Å²) in [7, 11) is 1.21. The Morgan fingerprint density at radius 1 is 1.39 bits per heavy atom. The molecule has 94 valence electrons. The van der Waals surface area contributed by atoms with Gasteiger partial charge in [-0.3, -0.25) is 14.9 Å². The standard InChI is InChI=1S/C12H11NO5/c1-8(14)12-9(6-7-11(15)18-2)4-3-5-10(12)13(16)17/h3-7H,1-2H3. The van der Waals surface area contributed by atoms with Crippen LogP contribution in [0.2, 0.25) is 0 Å². The number of rotatable bonds is 4. The Morgan fingerprint density at radius 2 is 2.06 bits per heavy atom. The van der Waals surface area contributed by atoms with Crippen LogP contribution in [0.5, 0.6) is 0 Å². The van der Waals surface area contributed by atoms with E-state index < -0.39 is 16.7 Å². The molecule has 0 radical (unpaired) electrons. The van der Waals surface area contributed by atoms with Gasteiger partial charge in [-0.15, -0.1) is 0 Å². The molecule has 1 rings (SSSR count). The van der Waals surface area contributed by atoms with Crippen LogP contribution in [0.3, 0.4) is 0 Å². The molecule has 0 heterocycles. The number of carbonyl (C=O) groups excluding carboxylic acids is 2. The molecule has 0 aliphatic carbocycles. The number of nitro benzene ring substituents is 1. The molecule has 0 saturated heterocycles. The predicted octanol–water partition coefficient (Wildman–Crippen LogP) is 1.98. The molecule has 0 saturated carbocycles. The van der Waals surface area contributed by atoms with Crippen LogP contribution in [0.1, 0.15) is 22.8 Å². The maximum Gasteiger partial charge on any atom is 0.330 e. The first-order valence-corrected chi connectivity index (χ1v) is 5.01. The number of carbonyl (C=O) groups is 2. The number of nitrogens with zero attached hydrogens (tertiary/aromatic N) is 1. The van der Waals surface area contributed by atoms with Crippen LogP contribution in [-0.4, -0.2) is 23.8 Å². The molecule has 1 aromatic carbocycles. The minimum Gasteiger partial charge on any atom is -0.466 e. The maximum absolute atomic E-state index is 11.5. The highest BCUT2D eigenvalue weighted by molar-refractivity contribution is 6.02. The molecule has 0 amide bonds. The minimum atomic E-state index is -0.633. The lowest BCUT2D eigenvalue weighted by Gasteiger charge is -2.03. The summed E-state index contributed by atoms with van der Waals surface area (Å²) < 4.78 is 4.41. The van der Waals surface area contributed by atoms with E-state index in [9.17, 15) is 19.7 Å². The fraction of sp³-hybridized carbons (Fsp3) is 0.167. The van der Waals surface area contributed by atoms with E-state index >= 15 is 0 Å². The summed E-state index contributed by atoms with van der Waals surface area (Å²) in [6.07, 6.45) is 2.42. The average molecular weight is 249 g/mol. The molecular weight excluding hydrogens is 238 g/mol. The highest BCUT2D eigenvalue weighted by atomic mass is 16.6. The second-order valence-corrected chi connectivity index (χ2v) is 3.41. The van der Waals surface area contributed by atoms with E-state index in [0.29, 0.717) is 5.56 Å². The zero-order valence-electron chi connectivity index (χ0n) is 9.88. The largest absolute Gasteiger partial charge is 0.466 e. The highest BCUT2D eigenvalue weighted by Crippen LogP contribution is 2.23. The van der Waals surface area contributed by atoms with Crippen LogP contribution in [0, 0.1) is 10.1 Å². The van der Waals surface area contributed by atoms with Crippen LogP contribution >= 0.6 is 0 Å². The fourth-order valence-electron chi connectivity index (χ4n) is 1.46. The smallest absolute Gasteiger partial charge is 0.330 e. The Kier molecular flexibility index (Phi) is 4.31. The van der Waals surface area contributed by atoms with Gasteiger partial charge in [0.25, 0.3) is 5.69 Å². The lowest BCUT2D eigenvalue weighted by Crippen LogP contribution is -2.03. The number of Topliss-reactive ketones (excluding diaryl/α,β-unsaturated/α-hetero) is 1. The third kappa shape index (κ3) is 3.00. The van der Waals surface area contributed by atoms with E-state index in [1.165, 1.54) is 38.3 Å². The molecule has 0 aliphatic rings. The lowest BCUT2D eigenvalue weighted by molar-refractivity contribution is -0.385. The number of nitro groups is 1. The third-order valence-corrected chi connectivity index (χ3v) is 2.22. The molecule has 18 heavy (non-hydrogen) atoms. The summed E-state index contributed by atoms with van der Waals surface area (Å²) >= 11 is 0. The number of hydrogen-bond donors (Lipinski definition) is 0. The molecule has 0 bridgehead atoms. The van der Waals surface area contributed by atoms with Gasteiger partial charge in [0.1, 0.15) is 5.56 Å². The normalized spacial score (nSPS) is 10.3. The van der Waals surface area contributed by atoms with Crippen LogP contribution in [0.4, 0.5) is 5.69 Å². The number of benzene rings is 1. The van der Waals surface area contributed by atoms with Gasteiger partial charge < -0.3 is 4.74 Å². The summed E-state index contributed by atoms with van der Waals surface area (Å²) in [5.41, 5.74) is -0.000677. The van der Waals surface area contributed by atoms with Crippen molar-refractivity contribution in [2.24, 2.45) is 0 Å². The topological polar surface area (TPSA) is 86.5 Å². The molecule has 0 aliphatic heterocycles. The number of esters is 1. The van der Waals surface area contributed by atoms with E-state index in [1.807, 2.05) is 0 Å². The molecule has 0 spiro atoms. The molecule has 0 atom stereocenters. The van der Waals surface area contributed by atoms with Gasteiger partial charge in [0.15, 0.2) is 5.78 Å². The zero-order valence-corrected chi connectivity index (χ0v) is 9.88. The molecular formula is C12H11NO5. The van der Waals surface area contributed by atoms with Crippen LogP contribution < -0.4 is 0 Å². The third-order valence-electron chi connectivity index (χ3n) is 2.22. The van der Waals surface area contributed by atoms with Gasteiger partial charge >= 0.3 is 5.97 Å². The van der Waals surface area contributed by atoms with Crippen molar-refractivity contribution >= 4 is 23.5 Å². The minimum absolute atomic E-state index is 0.0253. The second kappa shape index (κ2) is 5.72. The SMILES string of the molecule is COC(=O)C=Cc1cccc([N+](=O)[O-])c1C(C)=O. The molecule has 0 N–H and O–H groups in total.